The molecule has 1 heteroatoms. The van der Waals surface area contributed by atoms with Crippen LogP contribution in [-0.2, 0) is 0 Å². The monoisotopic (exact) mass is 124 g/mol. The molecule has 10 heavy (non-hydrogen) atoms. The van der Waals surface area contributed by atoms with E-state index in [0.717, 1.165) is 11.1 Å². The maximum atomic E-state index is 3.71. The normalized spacial score (nSPS) is 8.00. The fourth-order valence-corrected chi connectivity index (χ4v) is 0.674. The minimum atomic E-state index is 0. The van der Waals surface area contributed by atoms with E-state index < -0.39 is 0 Å². The summed E-state index contributed by atoms with van der Waals surface area (Å²) in [6.07, 6.45) is 0. The van der Waals surface area contributed by atoms with Crippen molar-refractivity contribution < 1.29 is 18.9 Å². The van der Waals surface area contributed by atoms with Gasteiger partial charge in [-0.25, -0.2) is 0 Å². The molecular weight excluding hydrogens is 115 g/mol. The van der Waals surface area contributed by atoms with E-state index >= 15 is 0 Å². The second kappa shape index (κ2) is 4.28. The van der Waals surface area contributed by atoms with E-state index in [0.29, 0.717) is 0 Å². The summed E-state index contributed by atoms with van der Waals surface area (Å²) in [4.78, 5) is 0. The molecule has 1 aromatic rings. The van der Waals surface area contributed by atoms with Gasteiger partial charge < -0.3 is 0 Å². The number of benzene rings is 1. The summed E-state index contributed by atoms with van der Waals surface area (Å²) in [5.74, 6) is 0. The molecule has 0 aliphatic carbocycles. The van der Waals surface area contributed by atoms with Crippen molar-refractivity contribution in [3.8, 4) is 0 Å². The predicted molar refractivity (Wildman–Crippen MR) is 40.8 cm³/mol. The first kappa shape index (κ1) is 9.43. The Morgan fingerprint density at radius 1 is 1.20 bits per heavy atom. The van der Waals surface area contributed by atoms with Crippen molar-refractivity contribution in [1.29, 1.82) is 0 Å². The molecule has 0 atom stereocenters. The van der Waals surface area contributed by atoms with Gasteiger partial charge in [-0.2, -0.15) is 19.1 Å². The topological polar surface area (TPSA) is 0 Å². The Morgan fingerprint density at radius 3 is 2.00 bits per heavy atom. The number of hydrogen-bond acceptors (Lipinski definition) is 0. The summed E-state index contributed by atoms with van der Waals surface area (Å²) < 4.78 is 0. The zero-order valence-corrected chi connectivity index (χ0v) is 6.30. The smallest absolute Gasteiger partial charge is 0.199 e. The molecule has 0 bridgehead atoms. The second-order valence-corrected chi connectivity index (χ2v) is 1.97. The summed E-state index contributed by atoms with van der Waals surface area (Å²) in [6.45, 7) is 7.43. The molecule has 0 unspecified atom stereocenters. The molecule has 0 aromatic heterocycles. The van der Waals surface area contributed by atoms with E-state index in [1.807, 2.05) is 30.3 Å². The predicted octanol–water partition coefficient (Wildman–Crippen LogP) is -0.462. The van der Waals surface area contributed by atoms with Crippen molar-refractivity contribution in [3.63, 3.8) is 0 Å². The van der Waals surface area contributed by atoms with Gasteiger partial charge in [-0.05, 0) is 0 Å². The minimum absolute atomic E-state index is 0. The number of rotatable bonds is 1. The molecule has 1 rings (SSSR count). The van der Waals surface area contributed by atoms with E-state index in [-0.39, 0.29) is 18.9 Å². The molecule has 0 nitrogen and oxygen atoms in total. The quantitative estimate of drug-likeness (QED) is 0.351. The number of hydrogen-bond donors (Lipinski definition) is 0. The zero-order chi connectivity index (χ0) is 6.69. The van der Waals surface area contributed by atoms with Crippen LogP contribution in [0.5, 0.6) is 0 Å². The molecule has 0 aliphatic heterocycles. The first-order valence-corrected chi connectivity index (χ1v) is 2.87. The second-order valence-electron chi connectivity index (χ2n) is 1.97. The van der Waals surface area contributed by atoms with Crippen molar-refractivity contribution >= 4 is 5.57 Å². The molecule has 0 fully saturated rings. The van der Waals surface area contributed by atoms with Gasteiger partial charge in [0.25, 0.3) is 0 Å². The molecule has 0 saturated heterocycles. The summed E-state index contributed by atoms with van der Waals surface area (Å²) in [5.41, 5.74) is 1.98. The van der Waals surface area contributed by atoms with Crippen molar-refractivity contribution in [1.82, 2.24) is 0 Å². The van der Waals surface area contributed by atoms with Crippen LogP contribution in [0.3, 0.4) is 0 Å². The Labute approximate surface area is 74.1 Å². The van der Waals surface area contributed by atoms with Crippen molar-refractivity contribution in [2.45, 2.75) is 0 Å². The van der Waals surface area contributed by atoms with Crippen LogP contribution in [0.25, 0.3) is 5.57 Å². The number of allylic oxidation sites excluding steroid dienone is 1. The van der Waals surface area contributed by atoms with Gasteiger partial charge in [0.2, 0.25) is 0 Å². The Bertz CT molecular complexity index is 201. The summed E-state index contributed by atoms with van der Waals surface area (Å²) in [6, 6.07) is 9.93. The van der Waals surface area contributed by atoms with Gasteiger partial charge in [0, 0.05) is 0 Å². The van der Waals surface area contributed by atoms with Crippen LogP contribution in [0.2, 0.25) is 0 Å². The van der Waals surface area contributed by atoms with Gasteiger partial charge in [-0.3, -0.25) is 0 Å². The Kier molecular flexibility index (Phi) is 4.03. The fraction of sp³-hybridized carbons (Fsp3) is 0. The molecule has 0 heterocycles. The van der Waals surface area contributed by atoms with Crippen LogP contribution in [0.1, 0.15) is 5.56 Å². The van der Waals surface area contributed by atoms with Crippen LogP contribution < -0.4 is 18.9 Å². The van der Waals surface area contributed by atoms with Crippen LogP contribution in [-0.4, -0.2) is 0 Å². The molecular formula is C9H9Li. The molecule has 0 aliphatic rings. The van der Waals surface area contributed by atoms with Crippen LogP contribution in [0.15, 0.2) is 36.9 Å². The molecule has 46 valence electrons. The van der Waals surface area contributed by atoms with Gasteiger partial charge in [-0.15, -0.1) is 17.7 Å². The molecule has 0 amide bonds. The summed E-state index contributed by atoms with van der Waals surface area (Å²) in [5, 5.41) is 0. The first-order chi connectivity index (χ1) is 4.30. The van der Waals surface area contributed by atoms with Crippen molar-refractivity contribution in [2.24, 2.45) is 0 Å². The van der Waals surface area contributed by atoms with Gasteiger partial charge >= 0.3 is 18.9 Å². The van der Waals surface area contributed by atoms with Crippen LogP contribution in [0.4, 0.5) is 0 Å². The molecule has 0 saturated carbocycles. The van der Waals surface area contributed by atoms with E-state index in [4.69, 9.17) is 0 Å². The van der Waals surface area contributed by atoms with Gasteiger partial charge in [0.15, 0.2) is 0 Å². The zero-order valence-electron chi connectivity index (χ0n) is 6.30. The third kappa shape index (κ3) is 2.35. The summed E-state index contributed by atoms with van der Waals surface area (Å²) >= 11 is 0. The third-order valence-corrected chi connectivity index (χ3v) is 1.18. The fourth-order valence-electron chi connectivity index (χ4n) is 0.674. The van der Waals surface area contributed by atoms with E-state index in [1.54, 1.807) is 0 Å². The van der Waals surface area contributed by atoms with E-state index in [9.17, 15) is 0 Å². The van der Waals surface area contributed by atoms with Crippen molar-refractivity contribution in [2.75, 3.05) is 0 Å². The maximum Gasteiger partial charge on any atom is 1.00 e. The maximum absolute atomic E-state index is 3.71. The van der Waals surface area contributed by atoms with Crippen molar-refractivity contribution in [3.05, 3.63) is 49.4 Å². The molecule has 0 spiro atoms. The van der Waals surface area contributed by atoms with Gasteiger partial charge in [0.1, 0.15) is 0 Å². The molecule has 1 aromatic carbocycles. The summed E-state index contributed by atoms with van der Waals surface area (Å²) in [7, 11) is 0. The van der Waals surface area contributed by atoms with E-state index in [1.165, 1.54) is 0 Å². The minimum Gasteiger partial charge on any atom is -0.199 e. The average Bonchev–Trinajstić information content (AvgIpc) is 1.90. The van der Waals surface area contributed by atoms with Crippen LogP contribution >= 0.6 is 0 Å². The standard InChI is InChI=1S/C9H9.Li/c1-8(2)9-6-4-3-5-7-9;/h3-7H,1-2H2;/q-1;+1. The largest absolute Gasteiger partial charge is 1.00 e. The van der Waals surface area contributed by atoms with Crippen LogP contribution in [0, 0.1) is 6.92 Å². The Balaban J connectivity index is 0.000000810. The third-order valence-electron chi connectivity index (χ3n) is 1.18. The molecule has 0 radical (unpaired) electrons. The Hall–Kier alpha value is -0.573. The van der Waals surface area contributed by atoms with Gasteiger partial charge in [-0.1, -0.05) is 18.2 Å². The molecule has 0 N–H and O–H groups in total. The SMILES string of the molecule is C=C([CH2-])c1ccccc1.[Li+]. The van der Waals surface area contributed by atoms with Gasteiger partial charge in [0.05, 0.1) is 0 Å². The Morgan fingerprint density at radius 2 is 1.70 bits per heavy atom. The van der Waals surface area contributed by atoms with E-state index in [2.05, 4.69) is 13.5 Å². The average molecular weight is 124 g/mol. The first-order valence-electron chi connectivity index (χ1n) is 2.87.